The molecule has 8 nitrogen and oxygen atoms in total. The molecule has 0 spiro atoms. The lowest BCUT2D eigenvalue weighted by molar-refractivity contribution is -0.343. The van der Waals surface area contributed by atoms with Gasteiger partial charge in [0.05, 0.1) is 27.0 Å². The van der Waals surface area contributed by atoms with Crippen molar-refractivity contribution in [3.63, 3.8) is 0 Å². The quantitative estimate of drug-likeness (QED) is 0.389. The van der Waals surface area contributed by atoms with Crippen LogP contribution in [0.3, 0.4) is 0 Å². The molecule has 1 rings (SSSR count). The third-order valence-electron chi connectivity index (χ3n) is 1.83. The number of hydrogen-bond acceptors (Lipinski definition) is 8. The van der Waals surface area contributed by atoms with Gasteiger partial charge < -0.3 is 33.8 Å². The fourth-order valence-corrected chi connectivity index (χ4v) is 1.45. The van der Waals surface area contributed by atoms with Crippen LogP contribution >= 0.6 is 7.82 Å². The van der Waals surface area contributed by atoms with Crippen LogP contribution in [0.15, 0.2) is 0 Å². The molecule has 0 amide bonds. The Labute approximate surface area is 84.7 Å². The fourth-order valence-electron chi connectivity index (χ4n) is 1.12. The predicted octanol–water partition coefficient (Wildman–Crippen LogP) is -3.13. The van der Waals surface area contributed by atoms with Crippen LogP contribution in [0.2, 0.25) is 0 Å². The number of rotatable bonds is 3. The van der Waals surface area contributed by atoms with Crippen molar-refractivity contribution < 1.29 is 38.6 Å². The second kappa shape index (κ2) is 4.56. The van der Waals surface area contributed by atoms with Crippen LogP contribution in [-0.2, 0) is 18.6 Å². The highest BCUT2D eigenvalue weighted by Crippen LogP contribution is 2.27. The third kappa shape index (κ3) is 3.86. The summed E-state index contributed by atoms with van der Waals surface area (Å²) < 4.78 is 18.4. The van der Waals surface area contributed by atoms with Gasteiger partial charge in [-0.15, -0.1) is 0 Å². The number of aliphatic hydroxyl groups is 2. The molecule has 9 heteroatoms. The molecule has 0 radical (unpaired) electrons. The Morgan fingerprint density at radius 2 is 2.13 bits per heavy atom. The molecule has 0 aromatic heterocycles. The van der Waals surface area contributed by atoms with Crippen molar-refractivity contribution in [2.75, 3.05) is 6.61 Å². The highest BCUT2D eigenvalue weighted by molar-refractivity contribution is 7.43. The van der Waals surface area contributed by atoms with Crippen LogP contribution in [0.5, 0.6) is 0 Å². The molecule has 15 heavy (non-hydrogen) atoms. The van der Waals surface area contributed by atoms with Crippen LogP contribution in [0, 0.1) is 0 Å². The molecule has 1 heterocycles. The Bertz CT molecular complexity index is 285. The van der Waals surface area contributed by atoms with Gasteiger partial charge in [-0.1, -0.05) is 0 Å². The summed E-state index contributed by atoms with van der Waals surface area (Å²) in [5.74, 6) is -0.798. The minimum atomic E-state index is -5.18. The molecule has 3 atom stereocenters. The first-order valence-electron chi connectivity index (χ1n) is 4.02. The Morgan fingerprint density at radius 1 is 1.53 bits per heavy atom. The zero-order valence-corrected chi connectivity index (χ0v) is 8.33. The van der Waals surface area contributed by atoms with E-state index in [0.717, 1.165) is 0 Å². The standard InChI is InChI=1S/C6H11O8P/c7-3-1-5(8)14-4(6(3)9)2-13-15(10,11)12/h3-4,6-7,9H,1-2H2,(H2,10,11,12)/p-2/t3-,4-,6+/m1/s1. The SMILES string of the molecule is O=C1C[C@@H](O)[C@H](O)[C@@H](COP(=O)([O-])[O-])O1. The summed E-state index contributed by atoms with van der Waals surface area (Å²) in [6.45, 7) is -0.797. The van der Waals surface area contributed by atoms with Gasteiger partial charge in [0.25, 0.3) is 0 Å². The summed E-state index contributed by atoms with van der Waals surface area (Å²) in [4.78, 5) is 31.0. The lowest BCUT2D eigenvalue weighted by Crippen LogP contribution is -2.48. The van der Waals surface area contributed by atoms with Crippen molar-refractivity contribution in [2.24, 2.45) is 0 Å². The van der Waals surface area contributed by atoms with E-state index in [4.69, 9.17) is 5.11 Å². The van der Waals surface area contributed by atoms with Crippen molar-refractivity contribution in [1.29, 1.82) is 0 Å². The minimum Gasteiger partial charge on any atom is -0.790 e. The van der Waals surface area contributed by atoms with Gasteiger partial charge in [0.15, 0.2) is 6.10 Å². The van der Waals surface area contributed by atoms with Gasteiger partial charge in [-0.05, 0) is 0 Å². The van der Waals surface area contributed by atoms with E-state index in [2.05, 4.69) is 9.26 Å². The van der Waals surface area contributed by atoms with Crippen molar-refractivity contribution in [2.45, 2.75) is 24.7 Å². The monoisotopic (exact) mass is 240 g/mol. The molecule has 2 N–H and O–H groups in total. The number of aliphatic hydroxyl groups excluding tert-OH is 2. The van der Waals surface area contributed by atoms with E-state index in [-0.39, 0.29) is 6.42 Å². The van der Waals surface area contributed by atoms with Crippen molar-refractivity contribution in [3.8, 4) is 0 Å². The van der Waals surface area contributed by atoms with E-state index < -0.39 is 38.7 Å². The summed E-state index contributed by atoms with van der Waals surface area (Å²) >= 11 is 0. The zero-order valence-electron chi connectivity index (χ0n) is 7.44. The van der Waals surface area contributed by atoms with E-state index in [1.165, 1.54) is 0 Å². The second-order valence-electron chi connectivity index (χ2n) is 3.03. The largest absolute Gasteiger partial charge is 0.790 e. The summed E-state index contributed by atoms with van der Waals surface area (Å²) in [6.07, 6.45) is -4.55. The van der Waals surface area contributed by atoms with Crippen LogP contribution in [0.4, 0.5) is 0 Å². The van der Waals surface area contributed by atoms with Crippen LogP contribution < -0.4 is 9.79 Å². The summed E-state index contributed by atoms with van der Waals surface area (Å²) in [6, 6.07) is 0. The minimum absolute atomic E-state index is 0.385. The lowest BCUT2D eigenvalue weighted by atomic mass is 10.0. The number of cyclic esters (lactones) is 1. The average Bonchev–Trinajstić information content (AvgIpc) is 2.07. The number of esters is 1. The number of hydrogen-bond donors (Lipinski definition) is 2. The van der Waals surface area contributed by atoms with E-state index in [1.54, 1.807) is 0 Å². The van der Waals surface area contributed by atoms with E-state index >= 15 is 0 Å². The van der Waals surface area contributed by atoms with Crippen LogP contribution in [0.1, 0.15) is 6.42 Å². The molecule has 0 aromatic rings. The van der Waals surface area contributed by atoms with Crippen LogP contribution in [0.25, 0.3) is 0 Å². The van der Waals surface area contributed by atoms with E-state index in [1.807, 2.05) is 0 Å². The maximum absolute atomic E-state index is 10.8. The first kappa shape index (κ1) is 12.6. The molecule has 0 saturated carbocycles. The molecule has 1 aliphatic heterocycles. The Balaban J connectivity index is 2.53. The molecular weight excluding hydrogens is 231 g/mol. The number of ether oxygens (including phenoxy) is 1. The van der Waals surface area contributed by atoms with Crippen LogP contribution in [-0.4, -0.2) is 41.1 Å². The molecule has 0 unspecified atom stereocenters. The lowest BCUT2D eigenvalue weighted by Gasteiger charge is -2.35. The molecule has 1 saturated heterocycles. The van der Waals surface area contributed by atoms with Gasteiger partial charge in [0.2, 0.25) is 0 Å². The maximum atomic E-state index is 10.8. The maximum Gasteiger partial charge on any atom is 0.308 e. The molecule has 88 valence electrons. The number of carbonyl (C=O) groups excluding carboxylic acids is 1. The Hall–Kier alpha value is -0.500. The fraction of sp³-hybridized carbons (Fsp3) is 0.833. The topological polar surface area (TPSA) is 139 Å². The third-order valence-corrected chi connectivity index (χ3v) is 2.30. The first-order valence-corrected chi connectivity index (χ1v) is 5.48. The summed E-state index contributed by atoms with van der Waals surface area (Å²) in [5.41, 5.74) is 0. The molecular formula is C6H9O8P-2. The van der Waals surface area contributed by atoms with Gasteiger partial charge in [-0.2, -0.15) is 0 Å². The van der Waals surface area contributed by atoms with Gasteiger partial charge in [0.1, 0.15) is 6.10 Å². The number of phosphoric ester groups is 1. The van der Waals surface area contributed by atoms with Gasteiger partial charge >= 0.3 is 5.97 Å². The van der Waals surface area contributed by atoms with Crippen molar-refractivity contribution in [3.05, 3.63) is 0 Å². The molecule has 0 aliphatic carbocycles. The average molecular weight is 240 g/mol. The number of phosphoric acid groups is 1. The van der Waals surface area contributed by atoms with Crippen molar-refractivity contribution in [1.82, 2.24) is 0 Å². The zero-order chi connectivity index (χ0) is 11.6. The van der Waals surface area contributed by atoms with Crippen molar-refractivity contribution >= 4 is 13.8 Å². The molecule has 0 aromatic carbocycles. The van der Waals surface area contributed by atoms with Gasteiger partial charge in [0, 0.05) is 0 Å². The Morgan fingerprint density at radius 3 is 2.67 bits per heavy atom. The van der Waals surface area contributed by atoms with Gasteiger partial charge in [-0.25, -0.2) is 0 Å². The highest BCUT2D eigenvalue weighted by Gasteiger charge is 2.36. The normalized spacial score (nSPS) is 32.5. The summed E-state index contributed by atoms with van der Waals surface area (Å²) in [7, 11) is -5.18. The van der Waals surface area contributed by atoms with E-state index in [0.29, 0.717) is 0 Å². The number of carbonyl (C=O) groups is 1. The first-order chi connectivity index (χ1) is 6.79. The second-order valence-corrected chi connectivity index (χ2v) is 4.19. The smallest absolute Gasteiger partial charge is 0.308 e. The molecule has 0 bridgehead atoms. The summed E-state index contributed by atoms with van der Waals surface area (Å²) in [5, 5.41) is 18.4. The predicted molar refractivity (Wildman–Crippen MR) is 40.1 cm³/mol. The molecule has 1 aliphatic rings. The van der Waals surface area contributed by atoms with Gasteiger partial charge in [-0.3, -0.25) is 4.79 Å². The molecule has 1 fully saturated rings. The van der Waals surface area contributed by atoms with E-state index in [9.17, 15) is 24.3 Å². The Kier molecular flexibility index (Phi) is 3.82. The highest BCUT2D eigenvalue weighted by atomic mass is 31.2.